The number of hydrogen-bond donors (Lipinski definition) is 0. The van der Waals surface area contributed by atoms with Crippen molar-refractivity contribution in [2.45, 2.75) is 13.8 Å². The van der Waals surface area contributed by atoms with E-state index in [1.54, 1.807) is 0 Å². The number of non-ortho nitro benzene ring substituents is 1. The van der Waals surface area contributed by atoms with E-state index in [9.17, 15) is 24.5 Å². The van der Waals surface area contributed by atoms with Crippen LogP contribution in [0.15, 0.2) is 39.2 Å². The Morgan fingerprint density at radius 3 is 2.41 bits per heavy atom. The standard InChI is InChI=1S/C15H11NO6/c1-8(17)12(9(2)18)5-10-7-22-14-4-3-11(16(20)21)6-13(14)15(10)19/h3-7H,1-2H3. The van der Waals surface area contributed by atoms with E-state index in [1.165, 1.54) is 26.0 Å². The van der Waals surface area contributed by atoms with Crippen LogP contribution in [0.3, 0.4) is 0 Å². The van der Waals surface area contributed by atoms with Gasteiger partial charge in [-0.3, -0.25) is 24.5 Å². The minimum atomic E-state index is -0.627. The van der Waals surface area contributed by atoms with Gasteiger partial charge in [0, 0.05) is 12.1 Å². The van der Waals surface area contributed by atoms with Gasteiger partial charge in [0.2, 0.25) is 0 Å². The molecular weight excluding hydrogens is 290 g/mol. The Hall–Kier alpha value is -3.09. The number of Topliss-reactive ketones (excluding diaryl/α,β-unsaturated/α-hetero) is 2. The van der Waals surface area contributed by atoms with Gasteiger partial charge in [-0.05, 0) is 26.0 Å². The monoisotopic (exact) mass is 301 g/mol. The van der Waals surface area contributed by atoms with E-state index in [2.05, 4.69) is 0 Å². The van der Waals surface area contributed by atoms with Crippen LogP contribution >= 0.6 is 0 Å². The predicted molar refractivity (Wildman–Crippen MR) is 78.5 cm³/mol. The third-order valence-corrected chi connectivity index (χ3v) is 3.05. The van der Waals surface area contributed by atoms with Gasteiger partial charge in [0.25, 0.3) is 5.69 Å². The second kappa shape index (κ2) is 5.72. The number of carbonyl (C=O) groups is 2. The van der Waals surface area contributed by atoms with Gasteiger partial charge in [-0.25, -0.2) is 0 Å². The number of nitro groups is 1. The molecule has 2 aromatic rings. The van der Waals surface area contributed by atoms with Crippen molar-refractivity contribution in [1.29, 1.82) is 0 Å². The van der Waals surface area contributed by atoms with E-state index in [0.717, 1.165) is 18.4 Å². The Balaban J connectivity index is 2.71. The van der Waals surface area contributed by atoms with Crippen LogP contribution in [0.1, 0.15) is 19.4 Å². The first kappa shape index (κ1) is 15.3. The molecular formula is C15H11NO6. The summed E-state index contributed by atoms with van der Waals surface area (Å²) in [4.78, 5) is 45.3. The van der Waals surface area contributed by atoms with Gasteiger partial charge in [0.1, 0.15) is 11.8 Å². The van der Waals surface area contributed by atoms with Crippen molar-refractivity contribution in [3.8, 4) is 0 Å². The van der Waals surface area contributed by atoms with Crippen molar-refractivity contribution in [1.82, 2.24) is 0 Å². The number of ketones is 2. The molecule has 0 aliphatic rings. The molecule has 0 fully saturated rings. The van der Waals surface area contributed by atoms with E-state index in [0.29, 0.717) is 0 Å². The smallest absolute Gasteiger partial charge is 0.270 e. The lowest BCUT2D eigenvalue weighted by Gasteiger charge is -2.01. The van der Waals surface area contributed by atoms with Gasteiger partial charge in [-0.2, -0.15) is 0 Å². The van der Waals surface area contributed by atoms with Crippen LogP contribution in [-0.4, -0.2) is 16.5 Å². The van der Waals surface area contributed by atoms with Gasteiger partial charge in [0.05, 0.1) is 21.4 Å². The van der Waals surface area contributed by atoms with Crippen LogP contribution in [0, 0.1) is 10.1 Å². The average molecular weight is 301 g/mol. The highest BCUT2D eigenvalue weighted by Crippen LogP contribution is 2.19. The number of rotatable bonds is 4. The molecule has 0 amide bonds. The van der Waals surface area contributed by atoms with E-state index < -0.39 is 21.9 Å². The second-order valence-electron chi connectivity index (χ2n) is 4.63. The van der Waals surface area contributed by atoms with Gasteiger partial charge < -0.3 is 4.42 Å². The fourth-order valence-corrected chi connectivity index (χ4v) is 1.95. The molecule has 0 saturated heterocycles. The molecule has 1 heterocycles. The lowest BCUT2D eigenvalue weighted by atomic mass is 10.0. The van der Waals surface area contributed by atoms with Crippen molar-refractivity contribution >= 4 is 34.3 Å². The Bertz CT molecular complexity index is 875. The summed E-state index contributed by atoms with van der Waals surface area (Å²) in [6.45, 7) is 2.42. The Morgan fingerprint density at radius 1 is 1.23 bits per heavy atom. The summed E-state index contributed by atoms with van der Waals surface area (Å²) in [5, 5.41) is 10.8. The van der Waals surface area contributed by atoms with Crippen molar-refractivity contribution in [2.75, 3.05) is 0 Å². The molecule has 1 aromatic carbocycles. The lowest BCUT2D eigenvalue weighted by Crippen LogP contribution is -2.10. The molecule has 112 valence electrons. The third kappa shape index (κ3) is 2.83. The second-order valence-corrected chi connectivity index (χ2v) is 4.63. The number of fused-ring (bicyclic) bond motifs is 1. The molecule has 0 atom stereocenters. The first-order valence-corrected chi connectivity index (χ1v) is 6.25. The molecule has 0 aliphatic heterocycles. The Kier molecular flexibility index (Phi) is 3.98. The normalized spacial score (nSPS) is 10.3. The maximum Gasteiger partial charge on any atom is 0.270 e. The van der Waals surface area contributed by atoms with Crippen molar-refractivity contribution in [3.05, 3.63) is 55.9 Å². The molecule has 0 aliphatic carbocycles. The van der Waals surface area contributed by atoms with Crippen LogP contribution in [0.4, 0.5) is 5.69 Å². The summed E-state index contributed by atoms with van der Waals surface area (Å²) in [6, 6.07) is 3.64. The average Bonchev–Trinajstić information content (AvgIpc) is 2.45. The number of nitro benzene ring substituents is 1. The molecule has 0 N–H and O–H groups in total. The lowest BCUT2D eigenvalue weighted by molar-refractivity contribution is -0.384. The minimum absolute atomic E-state index is 0.00871. The molecule has 7 nitrogen and oxygen atoms in total. The van der Waals surface area contributed by atoms with Crippen LogP contribution in [0.5, 0.6) is 0 Å². The summed E-state index contributed by atoms with van der Waals surface area (Å²) < 4.78 is 5.23. The first-order chi connectivity index (χ1) is 10.3. The molecule has 0 radical (unpaired) electrons. The van der Waals surface area contributed by atoms with E-state index in [-0.39, 0.29) is 27.8 Å². The number of benzene rings is 1. The molecule has 7 heteroatoms. The van der Waals surface area contributed by atoms with E-state index in [4.69, 9.17) is 4.42 Å². The molecule has 0 bridgehead atoms. The van der Waals surface area contributed by atoms with Crippen molar-refractivity contribution in [2.24, 2.45) is 0 Å². The van der Waals surface area contributed by atoms with Crippen molar-refractivity contribution < 1.29 is 18.9 Å². The Morgan fingerprint density at radius 2 is 1.86 bits per heavy atom. The topological polar surface area (TPSA) is 107 Å². The summed E-state index contributed by atoms with van der Waals surface area (Å²) in [5.41, 5.74) is -0.783. The first-order valence-electron chi connectivity index (χ1n) is 6.25. The minimum Gasteiger partial charge on any atom is -0.463 e. The van der Waals surface area contributed by atoms with Crippen LogP contribution in [0.25, 0.3) is 17.0 Å². The Labute approximate surface area is 124 Å². The van der Waals surface area contributed by atoms with Gasteiger partial charge in [-0.1, -0.05) is 0 Å². The molecule has 0 saturated carbocycles. The number of hydrogen-bond acceptors (Lipinski definition) is 6. The predicted octanol–water partition coefficient (Wildman–Crippen LogP) is 2.26. The molecule has 2 rings (SSSR count). The largest absolute Gasteiger partial charge is 0.463 e. The quantitative estimate of drug-likeness (QED) is 0.282. The summed E-state index contributed by atoms with van der Waals surface area (Å²) in [6.07, 6.45) is 2.25. The van der Waals surface area contributed by atoms with E-state index in [1.807, 2.05) is 0 Å². The SMILES string of the molecule is CC(=O)C(=Cc1coc2ccc([N+](=O)[O-])cc2c1=O)C(C)=O. The van der Waals surface area contributed by atoms with Crippen LogP contribution < -0.4 is 5.43 Å². The number of carbonyl (C=O) groups excluding carboxylic acids is 2. The molecule has 0 spiro atoms. The summed E-state index contributed by atoms with van der Waals surface area (Å²) in [7, 11) is 0. The maximum atomic E-state index is 12.3. The fraction of sp³-hybridized carbons (Fsp3) is 0.133. The van der Waals surface area contributed by atoms with Crippen LogP contribution in [-0.2, 0) is 9.59 Å². The molecule has 0 unspecified atom stereocenters. The number of nitrogens with zero attached hydrogens (tertiary/aromatic N) is 1. The maximum absolute atomic E-state index is 12.3. The fourth-order valence-electron chi connectivity index (χ4n) is 1.95. The van der Waals surface area contributed by atoms with Gasteiger partial charge in [-0.15, -0.1) is 0 Å². The summed E-state index contributed by atoms with van der Waals surface area (Å²) in [5.74, 6) is -0.961. The zero-order valence-corrected chi connectivity index (χ0v) is 11.8. The highest BCUT2D eigenvalue weighted by atomic mass is 16.6. The van der Waals surface area contributed by atoms with Gasteiger partial charge >= 0.3 is 0 Å². The molecule has 22 heavy (non-hydrogen) atoms. The zero-order chi connectivity index (χ0) is 16.4. The van der Waals surface area contributed by atoms with Gasteiger partial charge in [0.15, 0.2) is 17.0 Å². The third-order valence-electron chi connectivity index (χ3n) is 3.05. The van der Waals surface area contributed by atoms with Crippen molar-refractivity contribution in [3.63, 3.8) is 0 Å². The zero-order valence-electron chi connectivity index (χ0n) is 11.8. The highest BCUT2D eigenvalue weighted by molar-refractivity contribution is 6.21. The van der Waals surface area contributed by atoms with E-state index >= 15 is 0 Å². The summed E-state index contributed by atoms with van der Waals surface area (Å²) >= 11 is 0. The van der Waals surface area contributed by atoms with Crippen LogP contribution in [0.2, 0.25) is 0 Å². The highest BCUT2D eigenvalue weighted by Gasteiger charge is 2.14. The molecule has 1 aromatic heterocycles. The number of allylic oxidation sites excluding steroid dienone is 1.